The number of benzene rings is 1. The van der Waals surface area contributed by atoms with E-state index in [9.17, 15) is 9.59 Å². The summed E-state index contributed by atoms with van der Waals surface area (Å²) in [4.78, 5) is 22.5. The minimum Gasteiger partial charge on any atom is -0.396 e. The second-order valence-corrected chi connectivity index (χ2v) is 3.81. The van der Waals surface area contributed by atoms with Crippen LogP contribution in [-0.2, 0) is 9.59 Å². The molecule has 0 saturated carbocycles. The van der Waals surface area contributed by atoms with Gasteiger partial charge in [-0.3, -0.25) is 9.59 Å². The lowest BCUT2D eigenvalue weighted by Crippen LogP contribution is -2.39. The van der Waals surface area contributed by atoms with Crippen molar-refractivity contribution < 1.29 is 14.7 Å². The summed E-state index contributed by atoms with van der Waals surface area (Å²) in [6.07, 6.45) is 0.264. The highest BCUT2D eigenvalue weighted by Crippen LogP contribution is 2.27. The highest BCUT2D eigenvalue weighted by Gasteiger charge is 2.32. The van der Waals surface area contributed by atoms with Crippen molar-refractivity contribution in [2.24, 2.45) is 17.4 Å². The smallest absolute Gasteiger partial charge is 0.230 e. The van der Waals surface area contributed by atoms with Crippen LogP contribution in [0.25, 0.3) is 0 Å². The average molecular weight is 236 g/mol. The zero-order chi connectivity index (χ0) is 12.8. The Balaban J connectivity index is 3.07. The molecule has 1 aromatic carbocycles. The Bertz CT molecular complexity index is 378. The molecule has 2 amide bonds. The molecule has 1 unspecified atom stereocenters. The van der Waals surface area contributed by atoms with Crippen molar-refractivity contribution in [3.8, 4) is 0 Å². The van der Waals surface area contributed by atoms with Crippen LogP contribution in [0.1, 0.15) is 17.9 Å². The fourth-order valence-corrected chi connectivity index (χ4v) is 1.90. The van der Waals surface area contributed by atoms with E-state index < -0.39 is 23.7 Å². The molecule has 0 heterocycles. The van der Waals surface area contributed by atoms with Gasteiger partial charge in [-0.15, -0.1) is 0 Å². The van der Waals surface area contributed by atoms with E-state index in [2.05, 4.69) is 0 Å². The molecule has 0 bridgehead atoms. The SMILES string of the molecule is NC(=O)C(C(N)=O)C(CCO)c1ccccc1. The number of carbonyl (C=O) groups excluding carboxylic acids is 2. The normalized spacial score (nSPS) is 12.4. The van der Waals surface area contributed by atoms with Crippen LogP contribution in [0.4, 0.5) is 0 Å². The predicted octanol–water partition coefficient (Wildman–Crippen LogP) is -0.261. The minimum atomic E-state index is -1.09. The lowest BCUT2D eigenvalue weighted by Gasteiger charge is -2.22. The Labute approximate surface area is 99.4 Å². The van der Waals surface area contributed by atoms with E-state index in [-0.39, 0.29) is 13.0 Å². The van der Waals surface area contributed by atoms with Crippen molar-refractivity contribution >= 4 is 11.8 Å². The summed E-state index contributed by atoms with van der Waals surface area (Å²) in [6.45, 7) is -0.142. The van der Waals surface area contributed by atoms with Crippen LogP contribution in [-0.4, -0.2) is 23.5 Å². The first kappa shape index (κ1) is 13.2. The topological polar surface area (TPSA) is 106 Å². The van der Waals surface area contributed by atoms with Gasteiger partial charge >= 0.3 is 0 Å². The molecule has 0 spiro atoms. The van der Waals surface area contributed by atoms with Crippen LogP contribution in [0, 0.1) is 5.92 Å². The van der Waals surface area contributed by atoms with Gasteiger partial charge < -0.3 is 16.6 Å². The Morgan fingerprint density at radius 2 is 1.65 bits per heavy atom. The number of rotatable bonds is 6. The third-order valence-corrected chi connectivity index (χ3v) is 2.68. The molecule has 0 radical (unpaired) electrons. The van der Waals surface area contributed by atoms with Crippen molar-refractivity contribution in [1.82, 2.24) is 0 Å². The molecule has 0 aromatic heterocycles. The van der Waals surface area contributed by atoms with Gasteiger partial charge in [0.15, 0.2) is 0 Å². The van der Waals surface area contributed by atoms with Gasteiger partial charge in [-0.2, -0.15) is 0 Å². The van der Waals surface area contributed by atoms with Crippen molar-refractivity contribution in [2.45, 2.75) is 12.3 Å². The first-order valence-electron chi connectivity index (χ1n) is 5.32. The van der Waals surface area contributed by atoms with E-state index in [0.717, 1.165) is 5.56 Å². The minimum absolute atomic E-state index is 0.142. The Morgan fingerprint density at radius 1 is 1.12 bits per heavy atom. The maximum atomic E-state index is 11.3. The van der Waals surface area contributed by atoms with Crippen LogP contribution in [0.5, 0.6) is 0 Å². The van der Waals surface area contributed by atoms with Crippen molar-refractivity contribution in [2.75, 3.05) is 6.61 Å². The molecule has 5 nitrogen and oxygen atoms in total. The molecule has 17 heavy (non-hydrogen) atoms. The van der Waals surface area contributed by atoms with Crippen LogP contribution < -0.4 is 11.5 Å². The monoisotopic (exact) mass is 236 g/mol. The summed E-state index contributed by atoms with van der Waals surface area (Å²) in [5.41, 5.74) is 11.1. The molecule has 0 saturated heterocycles. The van der Waals surface area contributed by atoms with Gasteiger partial charge in [0.05, 0.1) is 0 Å². The molecule has 0 fully saturated rings. The van der Waals surface area contributed by atoms with E-state index in [1.165, 1.54) is 0 Å². The molecular weight excluding hydrogens is 220 g/mol. The van der Waals surface area contributed by atoms with Gasteiger partial charge in [0.1, 0.15) is 5.92 Å². The Morgan fingerprint density at radius 3 is 2.06 bits per heavy atom. The van der Waals surface area contributed by atoms with Crippen LogP contribution in [0.2, 0.25) is 0 Å². The van der Waals surface area contributed by atoms with E-state index in [0.29, 0.717) is 0 Å². The van der Waals surface area contributed by atoms with Crippen molar-refractivity contribution in [1.29, 1.82) is 0 Å². The fraction of sp³-hybridized carbons (Fsp3) is 0.333. The maximum absolute atomic E-state index is 11.3. The first-order valence-corrected chi connectivity index (χ1v) is 5.32. The third-order valence-electron chi connectivity index (χ3n) is 2.68. The van der Waals surface area contributed by atoms with E-state index in [1.54, 1.807) is 24.3 Å². The quantitative estimate of drug-likeness (QED) is 0.592. The lowest BCUT2D eigenvalue weighted by molar-refractivity contribution is -0.132. The number of primary amides is 2. The summed E-state index contributed by atoms with van der Waals surface area (Å²) >= 11 is 0. The van der Waals surface area contributed by atoms with Crippen molar-refractivity contribution in [3.05, 3.63) is 35.9 Å². The predicted molar refractivity (Wildman–Crippen MR) is 62.8 cm³/mol. The summed E-state index contributed by atoms with van der Waals surface area (Å²) < 4.78 is 0. The molecule has 1 aromatic rings. The highest BCUT2D eigenvalue weighted by atomic mass is 16.3. The maximum Gasteiger partial charge on any atom is 0.230 e. The number of aliphatic hydroxyl groups is 1. The summed E-state index contributed by atoms with van der Waals surface area (Å²) in [5, 5.41) is 9.01. The molecular formula is C12H16N2O3. The first-order chi connectivity index (χ1) is 8.07. The standard InChI is InChI=1S/C12H16N2O3/c13-11(16)10(12(14)17)9(6-7-15)8-4-2-1-3-5-8/h1-5,9-10,15H,6-7H2,(H2,13,16)(H2,14,17). The van der Waals surface area contributed by atoms with Gasteiger partial charge in [0.25, 0.3) is 0 Å². The Hall–Kier alpha value is -1.88. The number of hydrogen-bond donors (Lipinski definition) is 3. The van der Waals surface area contributed by atoms with E-state index in [1.807, 2.05) is 6.07 Å². The molecule has 1 atom stereocenters. The summed E-state index contributed by atoms with van der Waals surface area (Å²) in [7, 11) is 0. The fourth-order valence-electron chi connectivity index (χ4n) is 1.90. The number of amides is 2. The lowest BCUT2D eigenvalue weighted by atomic mass is 9.83. The molecule has 5 N–H and O–H groups in total. The number of aliphatic hydroxyl groups excluding tert-OH is 1. The van der Waals surface area contributed by atoms with Crippen molar-refractivity contribution in [3.63, 3.8) is 0 Å². The van der Waals surface area contributed by atoms with Gasteiger partial charge in [0.2, 0.25) is 11.8 Å². The van der Waals surface area contributed by atoms with Gasteiger partial charge in [-0.25, -0.2) is 0 Å². The third kappa shape index (κ3) is 3.29. The number of nitrogens with two attached hydrogens (primary N) is 2. The Kier molecular flexibility index (Phi) is 4.66. The second kappa shape index (κ2) is 6.00. The summed E-state index contributed by atoms with van der Waals surface area (Å²) in [5.74, 6) is -3.10. The molecule has 0 aliphatic heterocycles. The zero-order valence-electron chi connectivity index (χ0n) is 9.37. The number of hydrogen-bond acceptors (Lipinski definition) is 3. The average Bonchev–Trinajstić information content (AvgIpc) is 2.28. The molecule has 5 heteroatoms. The van der Waals surface area contributed by atoms with E-state index in [4.69, 9.17) is 16.6 Å². The number of carbonyl (C=O) groups is 2. The molecule has 92 valence electrons. The largest absolute Gasteiger partial charge is 0.396 e. The zero-order valence-corrected chi connectivity index (χ0v) is 9.37. The molecule has 0 aliphatic rings. The summed E-state index contributed by atoms with van der Waals surface area (Å²) in [6, 6.07) is 8.96. The van der Waals surface area contributed by atoms with Crippen LogP contribution >= 0.6 is 0 Å². The van der Waals surface area contributed by atoms with Crippen LogP contribution in [0.15, 0.2) is 30.3 Å². The molecule has 1 rings (SSSR count). The van der Waals surface area contributed by atoms with Gasteiger partial charge in [-0.05, 0) is 12.0 Å². The van der Waals surface area contributed by atoms with Gasteiger partial charge in [-0.1, -0.05) is 30.3 Å². The van der Waals surface area contributed by atoms with Gasteiger partial charge in [0, 0.05) is 12.5 Å². The van der Waals surface area contributed by atoms with Crippen LogP contribution in [0.3, 0.4) is 0 Å². The van der Waals surface area contributed by atoms with E-state index >= 15 is 0 Å². The highest BCUT2D eigenvalue weighted by molar-refractivity contribution is 5.99. The second-order valence-electron chi connectivity index (χ2n) is 3.81. The molecule has 0 aliphatic carbocycles.